The Morgan fingerprint density at radius 1 is 1.50 bits per heavy atom. The molecule has 22 heavy (non-hydrogen) atoms. The Labute approximate surface area is 133 Å². The van der Waals surface area contributed by atoms with Crippen LogP contribution in [0, 0.1) is 12.7 Å². The summed E-state index contributed by atoms with van der Waals surface area (Å²) < 4.78 is 15.1. The van der Waals surface area contributed by atoms with Crippen molar-refractivity contribution in [1.29, 1.82) is 0 Å². The first-order chi connectivity index (χ1) is 10.0. The van der Waals surface area contributed by atoms with Gasteiger partial charge < -0.3 is 11.1 Å². The smallest absolute Gasteiger partial charge is 0.241 e. The number of halogens is 2. The van der Waals surface area contributed by atoms with Crippen LogP contribution in [0.4, 0.5) is 10.1 Å². The van der Waals surface area contributed by atoms with Crippen molar-refractivity contribution in [2.75, 3.05) is 5.32 Å². The molecule has 1 aromatic heterocycles. The predicted molar refractivity (Wildman–Crippen MR) is 82.6 cm³/mol. The van der Waals surface area contributed by atoms with Gasteiger partial charge in [0.25, 0.3) is 0 Å². The first kappa shape index (κ1) is 18.0. The number of benzene rings is 1. The van der Waals surface area contributed by atoms with E-state index in [9.17, 15) is 9.18 Å². The SMILES string of the molecule is CCCC(N)C(=O)Nc1ccc(F)c(-n2nnnc2C)c1.Cl. The minimum atomic E-state index is -0.585. The number of hydrogen-bond acceptors (Lipinski definition) is 5. The molecular formula is C13H18ClFN6O. The second-order valence-electron chi connectivity index (χ2n) is 4.69. The lowest BCUT2D eigenvalue weighted by Gasteiger charge is -2.12. The highest BCUT2D eigenvalue weighted by Crippen LogP contribution is 2.19. The normalized spacial score (nSPS) is 11.6. The molecule has 2 rings (SSSR count). The zero-order valence-corrected chi connectivity index (χ0v) is 13.1. The molecule has 120 valence electrons. The number of nitrogens with zero attached hydrogens (tertiary/aromatic N) is 4. The minimum absolute atomic E-state index is 0. The van der Waals surface area contributed by atoms with Crippen LogP contribution in [0.1, 0.15) is 25.6 Å². The van der Waals surface area contributed by atoms with Crippen molar-refractivity contribution in [2.45, 2.75) is 32.7 Å². The van der Waals surface area contributed by atoms with Gasteiger partial charge in [-0.2, -0.15) is 4.68 Å². The quantitative estimate of drug-likeness (QED) is 0.868. The third-order valence-electron chi connectivity index (χ3n) is 3.00. The van der Waals surface area contributed by atoms with E-state index in [-0.39, 0.29) is 24.0 Å². The minimum Gasteiger partial charge on any atom is -0.325 e. The maximum Gasteiger partial charge on any atom is 0.241 e. The molecule has 9 heteroatoms. The van der Waals surface area contributed by atoms with Gasteiger partial charge in [0.1, 0.15) is 11.5 Å². The summed E-state index contributed by atoms with van der Waals surface area (Å²) >= 11 is 0. The molecule has 7 nitrogen and oxygen atoms in total. The molecule has 0 spiro atoms. The van der Waals surface area contributed by atoms with Crippen LogP contribution in [0.15, 0.2) is 18.2 Å². The van der Waals surface area contributed by atoms with Crippen LogP contribution in [0.2, 0.25) is 0 Å². The standard InChI is InChI=1S/C13H17FN6O.ClH/c1-3-4-11(15)13(21)16-9-5-6-10(14)12(7-9)20-8(2)17-18-19-20;/h5-7,11H,3-4,15H2,1-2H3,(H,16,21);1H. The molecule has 0 bridgehead atoms. The maximum absolute atomic E-state index is 13.9. The molecule has 0 aliphatic carbocycles. The fourth-order valence-electron chi connectivity index (χ4n) is 1.88. The van der Waals surface area contributed by atoms with Crippen LogP contribution < -0.4 is 11.1 Å². The van der Waals surface area contributed by atoms with E-state index in [0.717, 1.165) is 6.42 Å². The van der Waals surface area contributed by atoms with Crippen molar-refractivity contribution in [3.8, 4) is 5.69 Å². The number of aryl methyl sites for hydroxylation is 1. The van der Waals surface area contributed by atoms with E-state index in [4.69, 9.17) is 5.73 Å². The van der Waals surface area contributed by atoms with Gasteiger partial charge in [-0.25, -0.2) is 4.39 Å². The van der Waals surface area contributed by atoms with Crippen LogP contribution in [0.3, 0.4) is 0 Å². The number of aromatic nitrogens is 4. The fourth-order valence-corrected chi connectivity index (χ4v) is 1.88. The maximum atomic E-state index is 13.9. The second kappa shape index (κ2) is 7.81. The molecule has 1 unspecified atom stereocenters. The van der Waals surface area contributed by atoms with Crippen LogP contribution in [0.5, 0.6) is 0 Å². The van der Waals surface area contributed by atoms with Crippen molar-refractivity contribution in [3.05, 3.63) is 29.8 Å². The van der Waals surface area contributed by atoms with Crippen LogP contribution in [-0.4, -0.2) is 32.2 Å². The topological polar surface area (TPSA) is 98.7 Å². The molecular weight excluding hydrogens is 311 g/mol. The highest BCUT2D eigenvalue weighted by Gasteiger charge is 2.15. The number of nitrogens with two attached hydrogens (primary N) is 1. The summed E-state index contributed by atoms with van der Waals surface area (Å²) in [5, 5.41) is 13.5. The first-order valence-corrected chi connectivity index (χ1v) is 6.64. The van der Waals surface area contributed by atoms with Gasteiger partial charge >= 0.3 is 0 Å². The van der Waals surface area contributed by atoms with Crippen molar-refractivity contribution >= 4 is 24.0 Å². The van der Waals surface area contributed by atoms with Gasteiger partial charge in [0.05, 0.1) is 6.04 Å². The number of carbonyl (C=O) groups is 1. The van der Waals surface area contributed by atoms with Crippen molar-refractivity contribution in [2.24, 2.45) is 5.73 Å². The van der Waals surface area contributed by atoms with Gasteiger partial charge in [-0.05, 0) is 42.0 Å². The molecule has 0 saturated heterocycles. The molecule has 1 amide bonds. The van der Waals surface area contributed by atoms with E-state index in [0.29, 0.717) is 17.9 Å². The van der Waals surface area contributed by atoms with Gasteiger partial charge in [0.2, 0.25) is 5.91 Å². The number of nitrogens with one attached hydrogen (secondary N) is 1. The van der Waals surface area contributed by atoms with Gasteiger partial charge in [0, 0.05) is 5.69 Å². The second-order valence-corrected chi connectivity index (χ2v) is 4.69. The van der Waals surface area contributed by atoms with E-state index in [1.807, 2.05) is 6.92 Å². The average Bonchev–Trinajstić information content (AvgIpc) is 2.87. The highest BCUT2D eigenvalue weighted by atomic mass is 35.5. The molecule has 3 N–H and O–H groups in total. The molecule has 0 radical (unpaired) electrons. The number of tetrazole rings is 1. The van der Waals surface area contributed by atoms with Gasteiger partial charge in [-0.15, -0.1) is 17.5 Å². The van der Waals surface area contributed by atoms with E-state index >= 15 is 0 Å². The van der Waals surface area contributed by atoms with Gasteiger partial charge in [-0.3, -0.25) is 4.79 Å². The molecule has 0 aliphatic heterocycles. The Morgan fingerprint density at radius 2 is 2.23 bits per heavy atom. The number of amides is 1. The lowest BCUT2D eigenvalue weighted by atomic mass is 10.1. The van der Waals surface area contributed by atoms with Crippen LogP contribution in [0.25, 0.3) is 5.69 Å². The predicted octanol–water partition coefficient (Wildman–Crippen LogP) is 1.60. The lowest BCUT2D eigenvalue weighted by Crippen LogP contribution is -2.35. The summed E-state index contributed by atoms with van der Waals surface area (Å²) in [4.78, 5) is 11.9. The Morgan fingerprint density at radius 3 is 2.82 bits per heavy atom. The third-order valence-corrected chi connectivity index (χ3v) is 3.00. The summed E-state index contributed by atoms with van der Waals surface area (Å²) in [6.45, 7) is 3.60. The monoisotopic (exact) mass is 328 g/mol. The Balaban J connectivity index is 0.00000242. The molecule has 2 aromatic rings. The zero-order chi connectivity index (χ0) is 15.4. The van der Waals surface area contributed by atoms with Crippen molar-refractivity contribution in [3.63, 3.8) is 0 Å². The van der Waals surface area contributed by atoms with E-state index in [1.54, 1.807) is 6.92 Å². The third kappa shape index (κ3) is 3.99. The number of rotatable bonds is 5. The number of anilines is 1. The summed E-state index contributed by atoms with van der Waals surface area (Å²) in [7, 11) is 0. The molecule has 0 aliphatic rings. The van der Waals surface area contributed by atoms with Gasteiger partial charge in [0.15, 0.2) is 5.82 Å². The molecule has 1 heterocycles. The molecule has 0 fully saturated rings. The van der Waals surface area contributed by atoms with E-state index < -0.39 is 11.9 Å². The average molecular weight is 329 g/mol. The zero-order valence-electron chi connectivity index (χ0n) is 12.3. The number of carbonyl (C=O) groups excluding carboxylic acids is 1. The van der Waals surface area contributed by atoms with Crippen molar-refractivity contribution in [1.82, 2.24) is 20.2 Å². The largest absolute Gasteiger partial charge is 0.325 e. The Hall–Kier alpha value is -2.06. The van der Waals surface area contributed by atoms with Crippen molar-refractivity contribution < 1.29 is 9.18 Å². The molecule has 1 atom stereocenters. The summed E-state index contributed by atoms with van der Waals surface area (Å²) in [6, 6.07) is 3.60. The van der Waals surface area contributed by atoms with Crippen LogP contribution >= 0.6 is 12.4 Å². The van der Waals surface area contributed by atoms with E-state index in [2.05, 4.69) is 20.8 Å². The molecule has 0 saturated carbocycles. The first-order valence-electron chi connectivity index (χ1n) is 6.64. The lowest BCUT2D eigenvalue weighted by molar-refractivity contribution is -0.117. The Bertz CT molecular complexity index is 647. The molecule has 1 aromatic carbocycles. The summed E-state index contributed by atoms with van der Waals surface area (Å²) in [6.07, 6.45) is 1.40. The van der Waals surface area contributed by atoms with Gasteiger partial charge in [-0.1, -0.05) is 13.3 Å². The summed E-state index contributed by atoms with van der Waals surface area (Å²) in [5.41, 5.74) is 6.35. The summed E-state index contributed by atoms with van der Waals surface area (Å²) in [5.74, 6) is -0.343. The Kier molecular flexibility index (Phi) is 6.39. The highest BCUT2D eigenvalue weighted by molar-refractivity contribution is 5.94. The number of hydrogen-bond donors (Lipinski definition) is 2. The fraction of sp³-hybridized carbons (Fsp3) is 0.385. The van der Waals surface area contributed by atoms with Crippen LogP contribution in [-0.2, 0) is 4.79 Å². The van der Waals surface area contributed by atoms with E-state index in [1.165, 1.54) is 22.9 Å².